The topological polar surface area (TPSA) is 92.2 Å². The van der Waals surface area contributed by atoms with Crippen LogP contribution in [0.5, 0.6) is 5.75 Å². The Morgan fingerprint density at radius 3 is 2.76 bits per heavy atom. The Morgan fingerprint density at radius 1 is 1.37 bits per heavy atom. The summed E-state index contributed by atoms with van der Waals surface area (Å²) in [6.45, 7) is 11.7. The molecule has 1 aromatic heterocycles. The number of nitrogens with two attached hydrogens (primary N) is 1. The van der Waals surface area contributed by atoms with Gasteiger partial charge in [0, 0.05) is 46.5 Å². The van der Waals surface area contributed by atoms with Crippen LogP contribution in [0, 0.1) is 11.3 Å². The molecule has 0 aliphatic carbocycles. The molecule has 0 saturated carbocycles. The fourth-order valence-corrected chi connectivity index (χ4v) is 6.01. The maximum absolute atomic E-state index is 14.2. The summed E-state index contributed by atoms with van der Waals surface area (Å²) in [7, 11) is 0. The molecule has 2 aliphatic rings. The molecule has 38 heavy (non-hydrogen) atoms. The van der Waals surface area contributed by atoms with Gasteiger partial charge in [0.05, 0.1) is 11.4 Å². The van der Waals surface area contributed by atoms with E-state index in [0.717, 1.165) is 43.9 Å². The first kappa shape index (κ1) is 28.7. The first-order valence-electron chi connectivity index (χ1n) is 12.6. The first-order valence-corrected chi connectivity index (χ1v) is 14.0. The molecule has 2 aromatic rings. The van der Waals surface area contributed by atoms with E-state index in [4.69, 9.17) is 39.1 Å². The molecule has 1 fully saturated rings. The van der Waals surface area contributed by atoms with Gasteiger partial charge in [-0.2, -0.15) is 0 Å². The van der Waals surface area contributed by atoms with Gasteiger partial charge < -0.3 is 15.8 Å². The number of piperidine rings is 1. The van der Waals surface area contributed by atoms with Crippen molar-refractivity contribution in [3.05, 3.63) is 75.3 Å². The Hall–Kier alpha value is -2.30. The molecule has 7 nitrogen and oxygen atoms in total. The molecule has 204 valence electrons. The molecule has 1 saturated heterocycles. The summed E-state index contributed by atoms with van der Waals surface area (Å²) < 4.78 is 21.7. The molecule has 3 heterocycles. The number of imidazole rings is 1. The fraction of sp³-hybridized carbons (Fsp3) is 0.407. The molecule has 0 radical (unpaired) electrons. The zero-order chi connectivity index (χ0) is 27.4. The van der Waals surface area contributed by atoms with Crippen LogP contribution in [0.1, 0.15) is 49.5 Å². The van der Waals surface area contributed by atoms with Crippen molar-refractivity contribution < 1.29 is 8.62 Å². The quantitative estimate of drug-likeness (QED) is 0.177. The molecule has 0 spiro atoms. The molecule has 4 rings (SSSR count). The predicted octanol–water partition coefficient (Wildman–Crippen LogP) is 6.17. The van der Waals surface area contributed by atoms with Crippen molar-refractivity contribution in [1.29, 1.82) is 5.41 Å². The van der Waals surface area contributed by atoms with Crippen molar-refractivity contribution in [2.75, 3.05) is 25.4 Å². The normalized spacial score (nSPS) is 18.2. The Morgan fingerprint density at radius 2 is 2.11 bits per heavy atom. The highest BCUT2D eigenvalue weighted by molar-refractivity contribution is 7.92. The minimum absolute atomic E-state index is 0.0245. The number of hydrogen-bond donors (Lipinski definition) is 3. The standard InChI is InChI=1S/C27H33Cl2FN6OS/c1-4-20(28)25(21(29)5-2)16(3)37-18-6-7-22(31)19(12-18)26(32)27-34-23-14-35(15-24(23)36(27)38-30)13-17-8-10-33-11-9-17/h4-7,12,16-17,32-33H,1,8-11,13-15,31H2,2-3H3/b21-5+,25-20+,32-26?. The molecular weight excluding hydrogens is 546 g/mol. The van der Waals surface area contributed by atoms with Crippen molar-refractivity contribution in [3.63, 3.8) is 0 Å². The number of ether oxygens (including phenoxy) is 1. The van der Waals surface area contributed by atoms with E-state index in [2.05, 4.69) is 21.8 Å². The molecule has 0 bridgehead atoms. The van der Waals surface area contributed by atoms with Crippen LogP contribution in [0.4, 0.5) is 9.57 Å². The van der Waals surface area contributed by atoms with Crippen LogP contribution in [-0.4, -0.2) is 45.3 Å². The van der Waals surface area contributed by atoms with E-state index in [1.165, 1.54) is 10.0 Å². The second-order valence-corrected chi connectivity index (χ2v) is 10.9. The van der Waals surface area contributed by atoms with Crippen LogP contribution in [0.15, 0.2) is 52.6 Å². The molecule has 1 atom stereocenters. The molecule has 2 aliphatic heterocycles. The van der Waals surface area contributed by atoms with Gasteiger partial charge in [-0.3, -0.25) is 10.3 Å². The van der Waals surface area contributed by atoms with E-state index in [1.54, 1.807) is 31.2 Å². The molecule has 1 aromatic carbocycles. The lowest BCUT2D eigenvalue weighted by Crippen LogP contribution is -2.34. The van der Waals surface area contributed by atoms with Crippen molar-refractivity contribution in [2.24, 2.45) is 5.92 Å². The zero-order valence-electron chi connectivity index (χ0n) is 21.6. The number of hydrogen-bond acceptors (Lipinski definition) is 7. The van der Waals surface area contributed by atoms with E-state index in [-0.39, 0.29) is 23.9 Å². The number of nitrogens with zero attached hydrogens (tertiary/aromatic N) is 3. The van der Waals surface area contributed by atoms with E-state index in [1.807, 2.05) is 6.92 Å². The maximum atomic E-state index is 14.2. The van der Waals surface area contributed by atoms with E-state index < -0.39 is 6.10 Å². The summed E-state index contributed by atoms with van der Waals surface area (Å²) in [6, 6.07) is 5.03. The summed E-state index contributed by atoms with van der Waals surface area (Å²) >= 11 is 12.8. The van der Waals surface area contributed by atoms with Crippen LogP contribution >= 0.6 is 35.5 Å². The van der Waals surface area contributed by atoms with Gasteiger partial charge in [0.2, 0.25) is 0 Å². The summed E-state index contributed by atoms with van der Waals surface area (Å²) in [6.07, 6.45) is 5.03. The third kappa shape index (κ3) is 6.13. The molecule has 0 amide bonds. The summed E-state index contributed by atoms with van der Waals surface area (Å²) in [4.78, 5) is 6.99. The summed E-state index contributed by atoms with van der Waals surface area (Å²) in [5.74, 6) is 1.33. The summed E-state index contributed by atoms with van der Waals surface area (Å²) in [5, 5.41) is 13.1. The summed E-state index contributed by atoms with van der Waals surface area (Å²) in [5.41, 5.74) is 9.23. The Labute approximate surface area is 237 Å². The number of halogens is 3. The van der Waals surface area contributed by atoms with Crippen molar-refractivity contribution in [1.82, 2.24) is 19.2 Å². The van der Waals surface area contributed by atoms with Crippen LogP contribution in [0.2, 0.25) is 0 Å². The molecule has 1 unspecified atom stereocenters. The number of benzene rings is 1. The van der Waals surface area contributed by atoms with Gasteiger partial charge in [-0.05, 0) is 63.9 Å². The highest BCUT2D eigenvalue weighted by Crippen LogP contribution is 2.33. The van der Waals surface area contributed by atoms with E-state index >= 15 is 0 Å². The van der Waals surface area contributed by atoms with Crippen LogP contribution in [0.25, 0.3) is 0 Å². The van der Waals surface area contributed by atoms with Gasteiger partial charge in [0.25, 0.3) is 0 Å². The highest BCUT2D eigenvalue weighted by Gasteiger charge is 2.31. The Kier molecular flexibility index (Phi) is 9.59. The molecule has 4 N–H and O–H groups in total. The van der Waals surface area contributed by atoms with Gasteiger partial charge in [0.15, 0.2) is 18.2 Å². The SMILES string of the molecule is C=C/C(Cl)=C(\C(Cl)=C/C)C(C)Oc1ccc(N)c(C(=N)c2nc3c(n2SF)CN(CC2CCNCC2)C3)c1. The average Bonchev–Trinajstić information content (AvgIpc) is 3.46. The van der Waals surface area contributed by atoms with Crippen molar-refractivity contribution in [2.45, 2.75) is 45.9 Å². The third-order valence-electron chi connectivity index (χ3n) is 6.99. The predicted molar refractivity (Wildman–Crippen MR) is 156 cm³/mol. The number of rotatable bonds is 10. The number of nitrogens with one attached hydrogen (secondary N) is 2. The minimum atomic E-state index is -0.507. The van der Waals surface area contributed by atoms with Crippen LogP contribution in [0.3, 0.4) is 0 Å². The van der Waals surface area contributed by atoms with E-state index in [9.17, 15) is 3.89 Å². The first-order chi connectivity index (χ1) is 18.3. The minimum Gasteiger partial charge on any atom is -0.486 e. The molecular formula is C27H33Cl2FN6OS. The van der Waals surface area contributed by atoms with Gasteiger partial charge >= 0.3 is 0 Å². The van der Waals surface area contributed by atoms with Crippen molar-refractivity contribution in [3.8, 4) is 5.75 Å². The number of fused-ring (bicyclic) bond motifs is 1. The second kappa shape index (κ2) is 12.7. The largest absolute Gasteiger partial charge is 0.486 e. The van der Waals surface area contributed by atoms with E-state index in [0.29, 0.717) is 51.6 Å². The number of nitrogen functional groups attached to an aromatic ring is 1. The van der Waals surface area contributed by atoms with Gasteiger partial charge in [0.1, 0.15) is 17.6 Å². The van der Waals surface area contributed by atoms with Crippen LogP contribution < -0.4 is 15.8 Å². The monoisotopic (exact) mass is 578 g/mol. The van der Waals surface area contributed by atoms with Gasteiger partial charge in [-0.15, -0.1) is 3.89 Å². The molecule has 11 heteroatoms. The maximum Gasteiger partial charge on any atom is 0.171 e. The lowest BCUT2D eigenvalue weighted by molar-refractivity contribution is 0.206. The lowest BCUT2D eigenvalue weighted by atomic mass is 9.98. The zero-order valence-corrected chi connectivity index (χ0v) is 23.9. The number of aromatic nitrogens is 2. The lowest BCUT2D eigenvalue weighted by Gasteiger charge is -2.27. The third-order valence-corrected chi connectivity index (χ3v) is 8.30. The number of allylic oxidation sites excluding steroid dienone is 3. The average molecular weight is 580 g/mol. The Bertz CT molecular complexity index is 1270. The van der Waals surface area contributed by atoms with Crippen molar-refractivity contribution >= 4 is 46.9 Å². The smallest absolute Gasteiger partial charge is 0.171 e. The Balaban J connectivity index is 1.55. The van der Waals surface area contributed by atoms with Gasteiger partial charge in [-0.25, -0.2) is 8.96 Å². The van der Waals surface area contributed by atoms with Gasteiger partial charge in [-0.1, -0.05) is 41.9 Å². The second-order valence-electron chi connectivity index (χ2n) is 9.54. The number of anilines is 1. The van der Waals surface area contributed by atoms with Crippen LogP contribution in [-0.2, 0) is 13.1 Å². The fourth-order valence-electron chi connectivity index (χ4n) is 5.01. The highest BCUT2D eigenvalue weighted by atomic mass is 35.5.